The zero-order chi connectivity index (χ0) is 14.2. The highest BCUT2D eigenvalue weighted by atomic mass is 16.5. The normalized spacial score (nSPS) is 15.2. The molecular weight excluding hydrogens is 258 g/mol. The van der Waals surface area contributed by atoms with Gasteiger partial charge in [-0.05, 0) is 25.2 Å². The third kappa shape index (κ3) is 5.03. The van der Waals surface area contributed by atoms with E-state index >= 15 is 0 Å². The van der Waals surface area contributed by atoms with Gasteiger partial charge in [-0.1, -0.05) is 12.8 Å². The second-order valence-corrected chi connectivity index (χ2v) is 5.13. The Morgan fingerprint density at radius 2 is 2.20 bits per heavy atom. The summed E-state index contributed by atoms with van der Waals surface area (Å²) in [5, 5.41) is 11.6. The third-order valence-electron chi connectivity index (χ3n) is 3.43. The largest absolute Gasteiger partial charge is 0.481 e. The molecule has 0 radical (unpaired) electrons. The van der Waals surface area contributed by atoms with E-state index in [1.165, 1.54) is 25.7 Å². The minimum atomic E-state index is -0.786. The summed E-state index contributed by atoms with van der Waals surface area (Å²) in [5.74, 6) is 1.01. The third-order valence-corrected chi connectivity index (χ3v) is 3.43. The molecule has 0 unspecified atom stereocenters. The van der Waals surface area contributed by atoms with Crippen LogP contribution >= 0.6 is 0 Å². The van der Waals surface area contributed by atoms with E-state index in [0.717, 1.165) is 0 Å². The molecule has 0 saturated heterocycles. The summed E-state index contributed by atoms with van der Waals surface area (Å²) >= 11 is 0. The van der Waals surface area contributed by atoms with Gasteiger partial charge in [0.2, 0.25) is 5.88 Å². The van der Waals surface area contributed by atoms with Crippen LogP contribution in [0.1, 0.15) is 38.5 Å². The first-order valence-electron chi connectivity index (χ1n) is 7.14. The van der Waals surface area contributed by atoms with Crippen molar-refractivity contribution in [3.8, 4) is 5.88 Å². The fourth-order valence-electron chi connectivity index (χ4n) is 2.34. The molecule has 0 atom stereocenters. The second kappa shape index (κ2) is 7.67. The highest BCUT2D eigenvalue weighted by molar-refractivity contribution is 5.66. The summed E-state index contributed by atoms with van der Waals surface area (Å²) in [7, 11) is 0. The fourth-order valence-corrected chi connectivity index (χ4v) is 2.34. The molecule has 1 aliphatic rings. The van der Waals surface area contributed by atoms with E-state index in [2.05, 4.69) is 15.3 Å². The van der Waals surface area contributed by atoms with Crippen molar-refractivity contribution < 1.29 is 14.6 Å². The Balaban J connectivity index is 1.73. The Kier molecular flexibility index (Phi) is 5.58. The van der Waals surface area contributed by atoms with E-state index < -0.39 is 5.97 Å². The smallest absolute Gasteiger partial charge is 0.303 e. The van der Waals surface area contributed by atoms with Crippen LogP contribution in [0, 0.1) is 5.92 Å². The van der Waals surface area contributed by atoms with Crippen molar-refractivity contribution in [2.75, 3.05) is 18.5 Å². The van der Waals surface area contributed by atoms with E-state index in [1.54, 1.807) is 12.4 Å². The van der Waals surface area contributed by atoms with Crippen molar-refractivity contribution in [2.24, 2.45) is 5.92 Å². The quantitative estimate of drug-likeness (QED) is 0.710. The summed E-state index contributed by atoms with van der Waals surface area (Å²) in [6.07, 6.45) is 9.00. The van der Waals surface area contributed by atoms with Crippen molar-refractivity contribution in [1.29, 1.82) is 0 Å². The van der Waals surface area contributed by atoms with Crippen LogP contribution < -0.4 is 10.1 Å². The molecule has 2 N–H and O–H groups in total. The molecule has 1 saturated carbocycles. The van der Waals surface area contributed by atoms with Crippen molar-refractivity contribution in [3.63, 3.8) is 0 Å². The maximum atomic E-state index is 10.4. The van der Waals surface area contributed by atoms with E-state index in [4.69, 9.17) is 9.84 Å². The second-order valence-electron chi connectivity index (χ2n) is 5.13. The maximum absolute atomic E-state index is 10.4. The molecule has 1 aliphatic carbocycles. The molecular formula is C14H21N3O3. The minimum Gasteiger partial charge on any atom is -0.481 e. The lowest BCUT2D eigenvalue weighted by Crippen LogP contribution is -2.10. The molecule has 6 nitrogen and oxygen atoms in total. The molecule has 1 heterocycles. The van der Waals surface area contributed by atoms with Crippen molar-refractivity contribution in [3.05, 3.63) is 12.4 Å². The average Bonchev–Trinajstić information content (AvgIpc) is 2.95. The number of carbonyl (C=O) groups is 1. The molecule has 6 heteroatoms. The van der Waals surface area contributed by atoms with Crippen LogP contribution in [0.25, 0.3) is 0 Å². The lowest BCUT2D eigenvalue weighted by Gasteiger charge is -2.11. The first-order valence-corrected chi connectivity index (χ1v) is 7.14. The van der Waals surface area contributed by atoms with Crippen LogP contribution in [-0.2, 0) is 4.79 Å². The molecule has 0 amide bonds. The standard InChI is InChI=1S/C14H21N3O3/c18-14(19)6-3-7-16-12-8-15-9-13(17-12)20-10-11-4-1-2-5-11/h8-9,11H,1-7,10H2,(H,16,17)(H,18,19). The fraction of sp³-hybridized carbons (Fsp3) is 0.643. The lowest BCUT2D eigenvalue weighted by atomic mass is 10.1. The summed E-state index contributed by atoms with van der Waals surface area (Å²) < 4.78 is 5.67. The SMILES string of the molecule is O=C(O)CCCNc1cncc(OCC2CCCC2)n1. The Morgan fingerprint density at radius 1 is 1.40 bits per heavy atom. The molecule has 0 aromatic carbocycles. The predicted molar refractivity (Wildman–Crippen MR) is 74.8 cm³/mol. The van der Waals surface area contributed by atoms with Crippen LogP contribution in [0.4, 0.5) is 5.82 Å². The van der Waals surface area contributed by atoms with Gasteiger partial charge in [0, 0.05) is 13.0 Å². The number of nitrogens with zero attached hydrogens (tertiary/aromatic N) is 2. The number of nitrogens with one attached hydrogen (secondary N) is 1. The van der Waals surface area contributed by atoms with Gasteiger partial charge in [-0.25, -0.2) is 0 Å². The van der Waals surface area contributed by atoms with Crippen molar-refractivity contribution in [1.82, 2.24) is 9.97 Å². The van der Waals surface area contributed by atoms with Crippen LogP contribution in [0.5, 0.6) is 5.88 Å². The summed E-state index contributed by atoms with van der Waals surface area (Å²) in [5.41, 5.74) is 0. The first kappa shape index (κ1) is 14.6. The van der Waals surface area contributed by atoms with Crippen molar-refractivity contribution in [2.45, 2.75) is 38.5 Å². The topological polar surface area (TPSA) is 84.3 Å². The number of carboxylic acid groups (broad SMARTS) is 1. The zero-order valence-electron chi connectivity index (χ0n) is 11.5. The molecule has 110 valence electrons. The maximum Gasteiger partial charge on any atom is 0.303 e. The van der Waals surface area contributed by atoms with Crippen LogP contribution in [0.15, 0.2) is 12.4 Å². The highest BCUT2D eigenvalue weighted by Gasteiger charge is 2.15. The first-order chi connectivity index (χ1) is 9.74. The van der Waals surface area contributed by atoms with Gasteiger partial charge in [-0.15, -0.1) is 0 Å². The van der Waals surface area contributed by atoms with E-state index in [0.29, 0.717) is 37.2 Å². The number of aromatic nitrogens is 2. The van der Waals surface area contributed by atoms with Gasteiger partial charge in [-0.2, -0.15) is 4.98 Å². The number of rotatable bonds is 8. The summed E-state index contributed by atoms with van der Waals surface area (Å²) in [6.45, 7) is 1.27. The van der Waals surface area contributed by atoms with E-state index in [-0.39, 0.29) is 6.42 Å². The Hall–Kier alpha value is -1.85. The zero-order valence-corrected chi connectivity index (χ0v) is 11.5. The van der Waals surface area contributed by atoms with Gasteiger partial charge >= 0.3 is 5.97 Å². The number of aliphatic carboxylic acids is 1. The average molecular weight is 279 g/mol. The molecule has 1 fully saturated rings. The minimum absolute atomic E-state index is 0.151. The van der Waals surface area contributed by atoms with Crippen LogP contribution in [0.2, 0.25) is 0 Å². The molecule has 0 aliphatic heterocycles. The van der Waals surface area contributed by atoms with Crippen LogP contribution in [0.3, 0.4) is 0 Å². The number of anilines is 1. The number of ether oxygens (including phenoxy) is 1. The molecule has 1 aromatic heterocycles. The molecule has 2 rings (SSSR count). The van der Waals surface area contributed by atoms with Gasteiger partial charge in [-0.3, -0.25) is 9.78 Å². The number of carboxylic acids is 1. The van der Waals surface area contributed by atoms with E-state index in [1.807, 2.05) is 0 Å². The molecule has 20 heavy (non-hydrogen) atoms. The van der Waals surface area contributed by atoms with Gasteiger partial charge in [0.1, 0.15) is 5.82 Å². The van der Waals surface area contributed by atoms with Gasteiger partial charge in [0.25, 0.3) is 0 Å². The predicted octanol–water partition coefficient (Wildman–Crippen LogP) is 2.32. The Morgan fingerprint density at radius 3 is 2.95 bits per heavy atom. The van der Waals surface area contributed by atoms with Gasteiger partial charge in [0.15, 0.2) is 0 Å². The molecule has 0 spiro atoms. The summed E-state index contributed by atoms with van der Waals surface area (Å²) in [4.78, 5) is 18.8. The number of hydrogen-bond acceptors (Lipinski definition) is 5. The van der Waals surface area contributed by atoms with Crippen molar-refractivity contribution >= 4 is 11.8 Å². The Bertz CT molecular complexity index is 433. The van der Waals surface area contributed by atoms with Gasteiger partial charge in [0.05, 0.1) is 19.0 Å². The highest BCUT2D eigenvalue weighted by Crippen LogP contribution is 2.25. The molecule has 0 bridgehead atoms. The number of hydrogen-bond donors (Lipinski definition) is 2. The van der Waals surface area contributed by atoms with E-state index in [9.17, 15) is 4.79 Å². The Labute approximate surface area is 118 Å². The monoisotopic (exact) mass is 279 g/mol. The lowest BCUT2D eigenvalue weighted by molar-refractivity contribution is -0.137. The summed E-state index contributed by atoms with van der Waals surface area (Å²) in [6, 6.07) is 0. The molecule has 1 aromatic rings. The van der Waals surface area contributed by atoms with Gasteiger partial charge < -0.3 is 15.2 Å². The van der Waals surface area contributed by atoms with Crippen LogP contribution in [-0.4, -0.2) is 34.2 Å².